The molecule has 27 heavy (non-hydrogen) atoms. The van der Waals surface area contributed by atoms with Crippen molar-refractivity contribution in [2.75, 3.05) is 29.9 Å². The number of halogens is 4. The monoisotopic (exact) mass is 406 g/mol. The van der Waals surface area contributed by atoms with Gasteiger partial charge in [-0.05, 0) is 13.0 Å². The minimum atomic E-state index is -4.63. The number of anilines is 3. The molecule has 0 aliphatic heterocycles. The van der Waals surface area contributed by atoms with Crippen molar-refractivity contribution in [2.24, 2.45) is 0 Å². The summed E-state index contributed by atoms with van der Waals surface area (Å²) in [5, 5.41) is 22.7. The van der Waals surface area contributed by atoms with Crippen LogP contribution in [0.25, 0.3) is 0 Å². The van der Waals surface area contributed by atoms with E-state index in [4.69, 9.17) is 16.7 Å². The molecule has 0 fully saturated rings. The van der Waals surface area contributed by atoms with E-state index in [0.29, 0.717) is 18.8 Å². The second kappa shape index (κ2) is 8.31. The van der Waals surface area contributed by atoms with E-state index in [-0.39, 0.29) is 35.6 Å². The third-order valence-corrected chi connectivity index (χ3v) is 3.73. The zero-order valence-corrected chi connectivity index (χ0v) is 14.6. The van der Waals surface area contributed by atoms with Crippen molar-refractivity contribution in [1.82, 2.24) is 15.0 Å². The Balaban J connectivity index is 2.46. The molecule has 2 rings (SSSR count). The predicted molar refractivity (Wildman–Crippen MR) is 91.2 cm³/mol. The number of nitro groups is 1. The summed E-state index contributed by atoms with van der Waals surface area (Å²) < 4.78 is 38.1. The van der Waals surface area contributed by atoms with Gasteiger partial charge in [0.1, 0.15) is 6.33 Å². The minimum absolute atomic E-state index is 0.0583. The lowest BCUT2D eigenvalue weighted by Crippen LogP contribution is -2.28. The standard InChI is InChI=1S/C14H14ClF3N6O3/c1-2-23(3-4-25)13-10(24(26)27)12(20-7-21-13)22-11-9(15)5-8(6-19-11)14(16,17)18/h5-7,25H,2-4H2,1H3,(H,19,20,21,22). The van der Waals surface area contributed by atoms with Crippen LogP contribution < -0.4 is 10.2 Å². The fourth-order valence-electron chi connectivity index (χ4n) is 2.19. The van der Waals surface area contributed by atoms with Crippen LogP contribution in [0.2, 0.25) is 5.02 Å². The first kappa shape index (κ1) is 20.6. The molecule has 13 heteroatoms. The zero-order valence-electron chi connectivity index (χ0n) is 13.9. The summed E-state index contributed by atoms with van der Waals surface area (Å²) in [7, 11) is 0. The number of nitrogens with zero attached hydrogens (tertiary/aromatic N) is 5. The average molecular weight is 407 g/mol. The summed E-state index contributed by atoms with van der Waals surface area (Å²) in [6.45, 7) is 1.86. The van der Waals surface area contributed by atoms with Gasteiger partial charge < -0.3 is 15.3 Å². The van der Waals surface area contributed by atoms with Gasteiger partial charge in [0.15, 0.2) is 5.82 Å². The van der Waals surface area contributed by atoms with Crippen LogP contribution in [0.1, 0.15) is 12.5 Å². The first-order chi connectivity index (χ1) is 12.7. The molecule has 0 aliphatic carbocycles. The Bertz CT molecular complexity index is 836. The van der Waals surface area contributed by atoms with Crippen molar-refractivity contribution < 1.29 is 23.2 Å². The SMILES string of the molecule is CCN(CCO)c1ncnc(Nc2ncc(C(F)(F)F)cc2Cl)c1[N+](=O)[O-]. The number of nitrogens with one attached hydrogen (secondary N) is 1. The highest BCUT2D eigenvalue weighted by Crippen LogP contribution is 2.36. The van der Waals surface area contributed by atoms with Crippen molar-refractivity contribution in [3.63, 3.8) is 0 Å². The lowest BCUT2D eigenvalue weighted by atomic mass is 10.2. The number of aromatic nitrogens is 3. The van der Waals surface area contributed by atoms with E-state index in [9.17, 15) is 23.3 Å². The van der Waals surface area contributed by atoms with E-state index in [1.165, 1.54) is 4.90 Å². The number of hydrogen-bond donors (Lipinski definition) is 2. The van der Waals surface area contributed by atoms with Gasteiger partial charge in [-0.15, -0.1) is 0 Å². The van der Waals surface area contributed by atoms with Crippen molar-refractivity contribution in [3.05, 3.63) is 39.3 Å². The van der Waals surface area contributed by atoms with E-state index in [0.717, 1.165) is 6.33 Å². The van der Waals surface area contributed by atoms with Gasteiger partial charge in [-0.3, -0.25) is 10.1 Å². The van der Waals surface area contributed by atoms with E-state index in [2.05, 4.69) is 20.3 Å². The number of alkyl halides is 3. The Labute approximate surface area is 156 Å². The summed E-state index contributed by atoms with van der Waals surface area (Å²) in [6.07, 6.45) is -3.04. The van der Waals surface area contributed by atoms with Gasteiger partial charge in [-0.2, -0.15) is 13.2 Å². The van der Waals surface area contributed by atoms with Gasteiger partial charge in [0.25, 0.3) is 0 Å². The molecule has 0 saturated carbocycles. The van der Waals surface area contributed by atoms with Crippen molar-refractivity contribution in [1.29, 1.82) is 0 Å². The normalized spacial score (nSPS) is 11.3. The van der Waals surface area contributed by atoms with Gasteiger partial charge in [0.2, 0.25) is 11.6 Å². The molecule has 2 aromatic rings. The highest BCUT2D eigenvalue weighted by atomic mass is 35.5. The number of likely N-dealkylation sites (N-methyl/N-ethyl adjacent to an activating group) is 1. The molecule has 2 heterocycles. The van der Waals surface area contributed by atoms with Crippen LogP contribution in [0.4, 0.5) is 36.3 Å². The van der Waals surface area contributed by atoms with Gasteiger partial charge in [-0.1, -0.05) is 11.6 Å². The van der Waals surface area contributed by atoms with Crippen molar-refractivity contribution in [2.45, 2.75) is 13.1 Å². The van der Waals surface area contributed by atoms with Crippen LogP contribution in [0, 0.1) is 10.1 Å². The van der Waals surface area contributed by atoms with E-state index in [1.54, 1.807) is 6.92 Å². The number of rotatable bonds is 7. The molecule has 0 unspecified atom stereocenters. The van der Waals surface area contributed by atoms with Crippen LogP contribution in [-0.4, -0.2) is 44.7 Å². The number of pyridine rings is 1. The summed E-state index contributed by atoms with van der Waals surface area (Å²) in [5.74, 6) is -0.588. The minimum Gasteiger partial charge on any atom is -0.395 e. The van der Waals surface area contributed by atoms with E-state index < -0.39 is 22.4 Å². The molecule has 9 nitrogen and oxygen atoms in total. The topological polar surface area (TPSA) is 117 Å². The Morgan fingerprint density at radius 2 is 2.04 bits per heavy atom. The number of hydrogen-bond acceptors (Lipinski definition) is 8. The largest absolute Gasteiger partial charge is 0.417 e. The van der Waals surface area contributed by atoms with Crippen molar-refractivity contribution in [3.8, 4) is 0 Å². The van der Waals surface area contributed by atoms with Gasteiger partial charge in [0, 0.05) is 19.3 Å². The molecule has 0 bridgehead atoms. The molecule has 0 radical (unpaired) electrons. The maximum atomic E-state index is 12.7. The zero-order chi connectivity index (χ0) is 20.2. The molecule has 0 saturated heterocycles. The smallest absolute Gasteiger partial charge is 0.395 e. The molecule has 2 N–H and O–H groups in total. The van der Waals surface area contributed by atoms with Gasteiger partial charge in [0.05, 0.1) is 22.1 Å². The lowest BCUT2D eigenvalue weighted by Gasteiger charge is -2.21. The fourth-order valence-corrected chi connectivity index (χ4v) is 2.41. The molecule has 0 aromatic carbocycles. The molecular weight excluding hydrogens is 393 g/mol. The summed E-state index contributed by atoms with van der Waals surface area (Å²) in [5.41, 5.74) is -1.58. The second-order valence-corrected chi connectivity index (χ2v) is 5.54. The summed E-state index contributed by atoms with van der Waals surface area (Å²) in [4.78, 5) is 23.5. The highest BCUT2D eigenvalue weighted by molar-refractivity contribution is 6.33. The molecule has 0 aliphatic rings. The first-order valence-electron chi connectivity index (χ1n) is 7.54. The van der Waals surface area contributed by atoms with Crippen LogP contribution in [0.3, 0.4) is 0 Å². The maximum absolute atomic E-state index is 12.7. The quantitative estimate of drug-likeness (QED) is 0.532. The molecule has 0 amide bonds. The third kappa shape index (κ3) is 4.71. The average Bonchev–Trinajstić information content (AvgIpc) is 2.60. The predicted octanol–water partition coefficient (Wildman–Crippen LogP) is 3.01. The molecule has 0 atom stereocenters. The third-order valence-electron chi connectivity index (χ3n) is 3.44. The Morgan fingerprint density at radius 3 is 2.56 bits per heavy atom. The van der Waals surface area contributed by atoms with Crippen LogP contribution in [0.5, 0.6) is 0 Å². The van der Waals surface area contributed by atoms with Crippen molar-refractivity contribution >= 4 is 34.7 Å². The van der Waals surface area contributed by atoms with E-state index >= 15 is 0 Å². The van der Waals surface area contributed by atoms with Crippen LogP contribution >= 0.6 is 11.6 Å². The molecular formula is C14H14ClF3N6O3. The number of aliphatic hydroxyl groups excluding tert-OH is 1. The summed E-state index contributed by atoms with van der Waals surface area (Å²) >= 11 is 5.81. The highest BCUT2D eigenvalue weighted by Gasteiger charge is 2.32. The van der Waals surface area contributed by atoms with E-state index in [1.807, 2.05) is 0 Å². The van der Waals surface area contributed by atoms with Crippen LogP contribution in [0.15, 0.2) is 18.6 Å². The lowest BCUT2D eigenvalue weighted by molar-refractivity contribution is -0.383. The molecule has 0 spiro atoms. The van der Waals surface area contributed by atoms with Gasteiger partial charge >= 0.3 is 11.9 Å². The Kier molecular flexibility index (Phi) is 6.33. The number of aliphatic hydroxyl groups is 1. The maximum Gasteiger partial charge on any atom is 0.417 e. The summed E-state index contributed by atoms with van der Waals surface area (Å²) in [6, 6.07) is 0.648. The van der Waals surface area contributed by atoms with Crippen LogP contribution in [-0.2, 0) is 6.18 Å². The Hall–Kier alpha value is -2.73. The fraction of sp³-hybridized carbons (Fsp3) is 0.357. The second-order valence-electron chi connectivity index (χ2n) is 5.13. The van der Waals surface area contributed by atoms with Gasteiger partial charge in [-0.25, -0.2) is 15.0 Å². The first-order valence-corrected chi connectivity index (χ1v) is 7.91. The Morgan fingerprint density at radius 1 is 1.33 bits per heavy atom. The molecule has 2 aromatic heterocycles. The molecule has 146 valence electrons.